The Balaban J connectivity index is 1.57. The van der Waals surface area contributed by atoms with Crippen LogP contribution in [-0.2, 0) is 11.2 Å². The summed E-state index contributed by atoms with van der Waals surface area (Å²) < 4.78 is 5.79. The SMILES string of the molecule is C=C(C)C1CCC2=CC(OC(=O)c3ccc(CCCC)cc3)CCC2C1. The first-order chi connectivity index (χ1) is 12.6. The second-order valence-electron chi connectivity index (χ2n) is 8.08. The fourth-order valence-corrected chi connectivity index (χ4v) is 4.30. The predicted molar refractivity (Wildman–Crippen MR) is 107 cm³/mol. The van der Waals surface area contributed by atoms with Crippen molar-refractivity contribution in [3.8, 4) is 0 Å². The predicted octanol–water partition coefficient (Wildman–Crippen LogP) is 6.27. The first-order valence-electron chi connectivity index (χ1n) is 10.2. The number of unbranched alkanes of at least 4 members (excludes halogenated alkanes) is 1. The Labute approximate surface area is 158 Å². The maximum Gasteiger partial charge on any atom is 0.338 e. The number of carbonyl (C=O) groups excluding carboxylic acids is 1. The van der Waals surface area contributed by atoms with Crippen molar-refractivity contribution in [2.24, 2.45) is 11.8 Å². The molecule has 0 radical (unpaired) electrons. The fraction of sp³-hybridized carbons (Fsp3) is 0.542. The summed E-state index contributed by atoms with van der Waals surface area (Å²) >= 11 is 0. The van der Waals surface area contributed by atoms with Crippen molar-refractivity contribution >= 4 is 5.97 Å². The van der Waals surface area contributed by atoms with E-state index in [0.29, 0.717) is 17.4 Å². The van der Waals surface area contributed by atoms with E-state index < -0.39 is 0 Å². The van der Waals surface area contributed by atoms with Gasteiger partial charge in [0.15, 0.2) is 0 Å². The van der Waals surface area contributed by atoms with Gasteiger partial charge in [0.05, 0.1) is 5.56 Å². The Kier molecular flexibility index (Phi) is 6.34. The Bertz CT molecular complexity index is 668. The van der Waals surface area contributed by atoms with Gasteiger partial charge in [0.2, 0.25) is 0 Å². The van der Waals surface area contributed by atoms with Crippen molar-refractivity contribution in [1.82, 2.24) is 0 Å². The van der Waals surface area contributed by atoms with E-state index in [1.807, 2.05) is 12.1 Å². The van der Waals surface area contributed by atoms with Gasteiger partial charge in [-0.1, -0.05) is 43.2 Å². The van der Waals surface area contributed by atoms with Crippen molar-refractivity contribution in [1.29, 1.82) is 0 Å². The van der Waals surface area contributed by atoms with Gasteiger partial charge in [-0.05, 0) is 87.5 Å². The summed E-state index contributed by atoms with van der Waals surface area (Å²) in [7, 11) is 0. The molecule has 1 saturated carbocycles. The van der Waals surface area contributed by atoms with Crippen LogP contribution in [0, 0.1) is 11.8 Å². The van der Waals surface area contributed by atoms with Crippen LogP contribution in [0.1, 0.15) is 74.7 Å². The quantitative estimate of drug-likeness (QED) is 0.446. The number of hydrogen-bond donors (Lipinski definition) is 0. The van der Waals surface area contributed by atoms with Gasteiger partial charge in [-0.2, -0.15) is 0 Å². The molecule has 140 valence electrons. The number of aryl methyl sites for hydroxylation is 1. The van der Waals surface area contributed by atoms with E-state index in [2.05, 4.69) is 38.6 Å². The third-order valence-electron chi connectivity index (χ3n) is 6.04. The number of benzene rings is 1. The lowest BCUT2D eigenvalue weighted by Gasteiger charge is -2.36. The minimum atomic E-state index is -0.192. The van der Waals surface area contributed by atoms with Crippen LogP contribution in [0.2, 0.25) is 0 Å². The van der Waals surface area contributed by atoms with Crippen LogP contribution in [0.3, 0.4) is 0 Å². The number of fused-ring (bicyclic) bond motifs is 1. The number of carbonyl (C=O) groups is 1. The first kappa shape index (κ1) is 18.9. The van der Waals surface area contributed by atoms with Crippen LogP contribution in [-0.4, -0.2) is 12.1 Å². The highest BCUT2D eigenvalue weighted by atomic mass is 16.5. The van der Waals surface area contributed by atoms with Crippen molar-refractivity contribution in [3.63, 3.8) is 0 Å². The minimum absolute atomic E-state index is 0.0603. The van der Waals surface area contributed by atoms with Gasteiger partial charge in [-0.3, -0.25) is 0 Å². The van der Waals surface area contributed by atoms with Crippen LogP contribution in [0.4, 0.5) is 0 Å². The molecule has 0 saturated heterocycles. The van der Waals surface area contributed by atoms with Gasteiger partial charge < -0.3 is 4.74 Å². The van der Waals surface area contributed by atoms with E-state index in [0.717, 1.165) is 25.7 Å². The smallest absolute Gasteiger partial charge is 0.338 e. The average Bonchev–Trinajstić information content (AvgIpc) is 2.66. The van der Waals surface area contributed by atoms with Gasteiger partial charge in [-0.25, -0.2) is 4.79 Å². The molecule has 0 bridgehead atoms. The van der Waals surface area contributed by atoms with Gasteiger partial charge in [-0.15, -0.1) is 0 Å². The molecule has 3 rings (SSSR count). The molecule has 2 heteroatoms. The zero-order valence-electron chi connectivity index (χ0n) is 16.3. The normalized spacial score (nSPS) is 25.2. The van der Waals surface area contributed by atoms with Gasteiger partial charge in [0, 0.05) is 0 Å². The van der Waals surface area contributed by atoms with E-state index in [-0.39, 0.29) is 12.1 Å². The lowest BCUT2D eigenvalue weighted by atomic mass is 9.71. The molecule has 0 aromatic heterocycles. The van der Waals surface area contributed by atoms with Gasteiger partial charge >= 0.3 is 5.97 Å². The summed E-state index contributed by atoms with van der Waals surface area (Å²) in [6.07, 6.45) is 11.2. The van der Waals surface area contributed by atoms with Crippen molar-refractivity contribution in [3.05, 3.63) is 59.2 Å². The molecule has 2 aliphatic carbocycles. The number of ether oxygens (including phenoxy) is 1. The highest BCUT2D eigenvalue weighted by Crippen LogP contribution is 2.42. The summed E-state index contributed by atoms with van der Waals surface area (Å²) in [5, 5.41) is 0. The maximum absolute atomic E-state index is 12.5. The molecular weight excluding hydrogens is 320 g/mol. The van der Waals surface area contributed by atoms with E-state index in [1.165, 1.54) is 42.4 Å². The van der Waals surface area contributed by atoms with Crippen LogP contribution >= 0.6 is 0 Å². The third kappa shape index (κ3) is 4.66. The summed E-state index contributed by atoms with van der Waals surface area (Å²) in [5.41, 5.74) is 4.78. The molecule has 1 fully saturated rings. The Morgan fingerprint density at radius 3 is 2.65 bits per heavy atom. The van der Waals surface area contributed by atoms with Gasteiger partial charge in [0.1, 0.15) is 6.10 Å². The second-order valence-corrected chi connectivity index (χ2v) is 8.08. The second kappa shape index (κ2) is 8.70. The zero-order chi connectivity index (χ0) is 18.5. The molecule has 1 aromatic rings. The molecule has 0 spiro atoms. The van der Waals surface area contributed by atoms with Crippen LogP contribution < -0.4 is 0 Å². The highest BCUT2D eigenvalue weighted by Gasteiger charge is 2.31. The third-order valence-corrected chi connectivity index (χ3v) is 6.04. The molecule has 26 heavy (non-hydrogen) atoms. The minimum Gasteiger partial charge on any atom is -0.455 e. The van der Waals surface area contributed by atoms with Crippen LogP contribution in [0.5, 0.6) is 0 Å². The first-order valence-corrected chi connectivity index (χ1v) is 10.2. The summed E-state index contributed by atoms with van der Waals surface area (Å²) in [4.78, 5) is 12.5. The monoisotopic (exact) mass is 352 g/mol. The number of esters is 1. The topological polar surface area (TPSA) is 26.3 Å². The molecule has 0 aliphatic heterocycles. The van der Waals surface area contributed by atoms with Crippen molar-refractivity contribution < 1.29 is 9.53 Å². The standard InChI is InChI=1S/C24H32O2/c1-4-5-6-18-7-9-19(10-8-18)24(25)26-23-14-13-21-15-20(17(2)3)11-12-22(21)16-23/h7-10,16,20-21,23H,2,4-6,11-15H2,1,3H3. The lowest BCUT2D eigenvalue weighted by Crippen LogP contribution is -2.27. The van der Waals surface area contributed by atoms with Crippen molar-refractivity contribution in [2.75, 3.05) is 0 Å². The molecule has 0 amide bonds. The average molecular weight is 353 g/mol. The lowest BCUT2D eigenvalue weighted by molar-refractivity contribution is 0.0348. The molecule has 3 atom stereocenters. The number of rotatable bonds is 6. The molecular formula is C24H32O2. The summed E-state index contributed by atoms with van der Waals surface area (Å²) in [6.45, 7) is 8.49. The van der Waals surface area contributed by atoms with Crippen LogP contribution in [0.15, 0.2) is 48.1 Å². The van der Waals surface area contributed by atoms with Gasteiger partial charge in [0.25, 0.3) is 0 Å². The Morgan fingerprint density at radius 2 is 1.96 bits per heavy atom. The molecule has 2 nitrogen and oxygen atoms in total. The summed E-state index contributed by atoms with van der Waals surface area (Å²) in [5.74, 6) is 1.14. The van der Waals surface area contributed by atoms with E-state index in [1.54, 1.807) is 0 Å². The van der Waals surface area contributed by atoms with E-state index in [9.17, 15) is 4.79 Å². The molecule has 2 aliphatic rings. The number of hydrogen-bond acceptors (Lipinski definition) is 2. The van der Waals surface area contributed by atoms with Crippen LogP contribution in [0.25, 0.3) is 0 Å². The number of allylic oxidation sites excluding steroid dienone is 2. The van der Waals surface area contributed by atoms with E-state index >= 15 is 0 Å². The highest BCUT2D eigenvalue weighted by molar-refractivity contribution is 5.89. The van der Waals surface area contributed by atoms with E-state index in [4.69, 9.17) is 4.74 Å². The fourth-order valence-electron chi connectivity index (χ4n) is 4.30. The molecule has 0 heterocycles. The molecule has 1 aromatic carbocycles. The molecule has 0 N–H and O–H groups in total. The largest absolute Gasteiger partial charge is 0.455 e. The summed E-state index contributed by atoms with van der Waals surface area (Å²) in [6, 6.07) is 7.93. The maximum atomic E-state index is 12.5. The molecule has 3 unspecified atom stereocenters. The Morgan fingerprint density at radius 1 is 1.19 bits per heavy atom. The Hall–Kier alpha value is -1.83. The van der Waals surface area contributed by atoms with Crippen molar-refractivity contribution in [2.45, 2.75) is 71.3 Å². The zero-order valence-corrected chi connectivity index (χ0v) is 16.3.